The van der Waals surface area contributed by atoms with Crippen LogP contribution in [0.1, 0.15) is 89.5 Å². The summed E-state index contributed by atoms with van der Waals surface area (Å²) in [7, 11) is -4.58. The Kier molecular flexibility index (Phi) is 15.0. The van der Waals surface area contributed by atoms with Gasteiger partial charge in [0.05, 0.1) is 0 Å². The summed E-state index contributed by atoms with van der Waals surface area (Å²) >= 11 is 0. The van der Waals surface area contributed by atoms with E-state index in [9.17, 15) is 18.1 Å². The van der Waals surface area contributed by atoms with Gasteiger partial charge in [0.1, 0.15) is 10.6 Å². The molecular weight excluding hydrogens is 447 g/mol. The maximum Gasteiger partial charge on any atom is 1.00 e. The van der Waals surface area contributed by atoms with Crippen LogP contribution < -0.4 is 39.4 Å². The summed E-state index contributed by atoms with van der Waals surface area (Å²) in [6.07, 6.45) is 15.2. The van der Waals surface area contributed by atoms with E-state index in [1.165, 1.54) is 63.9 Å². The SMILES string of the molecule is CCCCCCCCCCCCCCc1cc([O-])cc(S(=O)(=O)O)c1Oc1ccccc1.[Na+]. The Morgan fingerprint density at radius 2 is 1.33 bits per heavy atom. The van der Waals surface area contributed by atoms with Crippen molar-refractivity contribution in [1.82, 2.24) is 0 Å². The van der Waals surface area contributed by atoms with Gasteiger partial charge in [-0.25, -0.2) is 0 Å². The molecule has 2 aromatic rings. The second-order valence-corrected chi connectivity index (χ2v) is 9.83. The topological polar surface area (TPSA) is 86.7 Å². The number of para-hydroxylation sites is 1. The Hall–Kier alpha value is -1.05. The molecule has 1 N–H and O–H groups in total. The number of unbranched alkanes of at least 4 members (excludes halogenated alkanes) is 11. The molecule has 0 aromatic heterocycles. The zero-order valence-corrected chi connectivity index (χ0v) is 23.0. The number of rotatable bonds is 16. The quantitative estimate of drug-likeness (QED) is 0.221. The van der Waals surface area contributed by atoms with Gasteiger partial charge in [0.15, 0.2) is 5.75 Å². The summed E-state index contributed by atoms with van der Waals surface area (Å²) < 4.78 is 39.1. The zero-order chi connectivity index (χ0) is 23.2. The van der Waals surface area contributed by atoms with E-state index >= 15 is 0 Å². The van der Waals surface area contributed by atoms with Gasteiger partial charge in [0.25, 0.3) is 10.1 Å². The summed E-state index contributed by atoms with van der Waals surface area (Å²) in [6, 6.07) is 11.1. The van der Waals surface area contributed by atoms with Gasteiger partial charge in [-0.1, -0.05) is 102 Å². The summed E-state index contributed by atoms with van der Waals surface area (Å²) in [5.74, 6) is 0.0420. The van der Waals surface area contributed by atoms with Gasteiger partial charge in [0, 0.05) is 0 Å². The molecule has 0 heterocycles. The average Bonchev–Trinajstić information content (AvgIpc) is 2.76. The predicted molar refractivity (Wildman–Crippen MR) is 127 cm³/mol. The van der Waals surface area contributed by atoms with Crippen molar-refractivity contribution in [2.24, 2.45) is 0 Å². The number of hydrogen-bond donors (Lipinski definition) is 1. The van der Waals surface area contributed by atoms with Crippen LogP contribution in [0.4, 0.5) is 0 Å². The van der Waals surface area contributed by atoms with Crippen LogP contribution in [-0.2, 0) is 16.5 Å². The molecule has 178 valence electrons. The molecule has 0 amide bonds. The third-order valence-corrected chi connectivity index (χ3v) is 6.51. The van der Waals surface area contributed by atoms with Gasteiger partial charge < -0.3 is 9.84 Å². The molecule has 7 heteroatoms. The van der Waals surface area contributed by atoms with Crippen LogP contribution in [0.5, 0.6) is 17.2 Å². The minimum absolute atomic E-state index is 0. The van der Waals surface area contributed by atoms with E-state index in [0.29, 0.717) is 17.7 Å². The molecule has 0 bridgehead atoms. The molecule has 0 radical (unpaired) electrons. The van der Waals surface area contributed by atoms with Crippen molar-refractivity contribution in [3.8, 4) is 17.2 Å². The normalized spacial score (nSPS) is 11.2. The summed E-state index contributed by atoms with van der Waals surface area (Å²) in [5, 5.41) is 12.0. The van der Waals surface area contributed by atoms with Crippen LogP contribution in [-0.4, -0.2) is 13.0 Å². The van der Waals surface area contributed by atoms with Crippen LogP contribution in [0.3, 0.4) is 0 Å². The first kappa shape index (κ1) is 30.0. The molecule has 2 aromatic carbocycles. The van der Waals surface area contributed by atoms with Crippen LogP contribution in [0.25, 0.3) is 0 Å². The second-order valence-electron chi connectivity index (χ2n) is 8.44. The molecule has 0 saturated heterocycles. The van der Waals surface area contributed by atoms with Gasteiger partial charge >= 0.3 is 29.6 Å². The predicted octanol–water partition coefficient (Wildman–Crippen LogP) is 4.05. The van der Waals surface area contributed by atoms with E-state index < -0.39 is 20.8 Å². The third-order valence-electron chi connectivity index (χ3n) is 5.65. The van der Waals surface area contributed by atoms with E-state index in [0.717, 1.165) is 25.3 Å². The van der Waals surface area contributed by atoms with E-state index in [4.69, 9.17) is 4.74 Å². The van der Waals surface area contributed by atoms with E-state index in [1.54, 1.807) is 24.3 Å². The first-order valence-electron chi connectivity index (χ1n) is 12.0. The van der Waals surface area contributed by atoms with E-state index in [2.05, 4.69) is 6.92 Å². The Bertz CT molecular complexity index is 900. The molecule has 0 atom stereocenters. The van der Waals surface area contributed by atoms with Crippen LogP contribution >= 0.6 is 0 Å². The van der Waals surface area contributed by atoms with Crippen molar-refractivity contribution in [2.75, 3.05) is 0 Å². The Morgan fingerprint density at radius 3 is 1.85 bits per heavy atom. The summed E-state index contributed by atoms with van der Waals surface area (Å²) in [5.41, 5.74) is 0.515. The molecule has 5 nitrogen and oxygen atoms in total. The minimum Gasteiger partial charge on any atom is -0.872 e. The first-order valence-corrected chi connectivity index (χ1v) is 13.4. The van der Waals surface area contributed by atoms with Crippen molar-refractivity contribution in [1.29, 1.82) is 0 Å². The fraction of sp³-hybridized carbons (Fsp3) is 0.538. The zero-order valence-electron chi connectivity index (χ0n) is 20.2. The molecule has 2 rings (SSSR count). The molecule has 0 fully saturated rings. The molecule has 0 spiro atoms. The Balaban J connectivity index is 0.00000544. The molecule has 0 saturated carbocycles. The first-order chi connectivity index (χ1) is 15.4. The monoisotopic (exact) mass is 484 g/mol. The Labute approximate surface area is 222 Å². The van der Waals surface area contributed by atoms with Gasteiger partial charge in [0.2, 0.25) is 0 Å². The van der Waals surface area contributed by atoms with Crippen LogP contribution in [0.2, 0.25) is 0 Å². The molecule has 0 aliphatic heterocycles. The number of hydrogen-bond acceptors (Lipinski definition) is 4. The van der Waals surface area contributed by atoms with Crippen molar-refractivity contribution in [3.63, 3.8) is 0 Å². The summed E-state index contributed by atoms with van der Waals surface area (Å²) in [4.78, 5) is -0.470. The molecule has 0 unspecified atom stereocenters. The number of aryl methyl sites for hydroxylation is 1. The molecular formula is C26H37NaO5S. The van der Waals surface area contributed by atoms with Crippen LogP contribution in [0, 0.1) is 0 Å². The second kappa shape index (κ2) is 16.6. The van der Waals surface area contributed by atoms with Gasteiger partial charge in [-0.2, -0.15) is 8.42 Å². The third kappa shape index (κ3) is 11.8. The average molecular weight is 485 g/mol. The van der Waals surface area contributed by atoms with E-state index in [1.807, 2.05) is 6.07 Å². The van der Waals surface area contributed by atoms with Gasteiger partial charge in [-0.15, -0.1) is 5.75 Å². The summed E-state index contributed by atoms with van der Waals surface area (Å²) in [6.45, 7) is 2.24. The minimum atomic E-state index is -4.58. The maximum absolute atomic E-state index is 12.0. The van der Waals surface area contributed by atoms with Gasteiger partial charge in [-0.05, 0) is 36.6 Å². The molecule has 0 aliphatic rings. The Morgan fingerprint density at radius 1 is 0.818 bits per heavy atom. The smallest absolute Gasteiger partial charge is 0.872 e. The van der Waals surface area contributed by atoms with Crippen molar-refractivity contribution >= 4 is 10.1 Å². The van der Waals surface area contributed by atoms with Crippen molar-refractivity contribution in [3.05, 3.63) is 48.0 Å². The number of benzene rings is 2. The van der Waals surface area contributed by atoms with Crippen molar-refractivity contribution < 1.29 is 52.4 Å². The fourth-order valence-corrected chi connectivity index (χ4v) is 4.56. The fourth-order valence-electron chi connectivity index (χ4n) is 3.89. The largest absolute Gasteiger partial charge is 1.00 e. The number of ether oxygens (including phenoxy) is 1. The van der Waals surface area contributed by atoms with E-state index in [-0.39, 0.29) is 35.3 Å². The molecule has 33 heavy (non-hydrogen) atoms. The molecule has 0 aliphatic carbocycles. The standard InChI is InChI=1S/C26H38O5S.Na/c1-2-3-4-5-6-7-8-9-10-11-12-14-17-22-20-23(27)21-25(32(28,29)30)26(22)31-24-18-15-13-16-19-24;/h13,15-16,18-21,27H,2-12,14,17H2,1H3,(H,28,29,30);/q;+1/p-1. The van der Waals surface area contributed by atoms with Crippen LogP contribution in [0.15, 0.2) is 47.4 Å². The van der Waals surface area contributed by atoms with Gasteiger partial charge in [-0.3, -0.25) is 4.55 Å². The maximum atomic E-state index is 12.0. The van der Waals surface area contributed by atoms with Crippen molar-refractivity contribution in [2.45, 2.75) is 95.3 Å².